The summed E-state index contributed by atoms with van der Waals surface area (Å²) in [5, 5.41) is 0. The molecule has 0 spiro atoms. The third-order valence-corrected chi connectivity index (χ3v) is 4.44. The third kappa shape index (κ3) is 2.96. The Balaban J connectivity index is 2.16. The lowest BCUT2D eigenvalue weighted by molar-refractivity contribution is 0.112. The van der Waals surface area contributed by atoms with E-state index < -0.39 is 0 Å². The lowest BCUT2D eigenvalue weighted by Gasteiger charge is -2.36. The minimum Gasteiger partial charge on any atom is -0.369 e. The van der Waals surface area contributed by atoms with Crippen molar-refractivity contribution in [3.05, 3.63) is 29.6 Å². The van der Waals surface area contributed by atoms with Crippen LogP contribution in [0.5, 0.6) is 0 Å². The number of rotatable bonds is 4. The number of benzene rings is 1. The highest BCUT2D eigenvalue weighted by Crippen LogP contribution is 2.33. The van der Waals surface area contributed by atoms with Crippen LogP contribution in [0.4, 0.5) is 10.1 Å². The van der Waals surface area contributed by atoms with E-state index >= 15 is 0 Å². The van der Waals surface area contributed by atoms with Crippen LogP contribution in [0.2, 0.25) is 0 Å². The summed E-state index contributed by atoms with van der Waals surface area (Å²) in [4.78, 5) is 13.0. The maximum Gasteiger partial charge on any atom is 0.152 e. The van der Waals surface area contributed by atoms with Crippen LogP contribution in [-0.2, 0) is 0 Å². The minimum absolute atomic E-state index is 0.301. The Bertz CT molecular complexity index is 438. The standard InChI is InChI=1S/C16H22FNO/c1-3-12-7-9-14(10-8-12)18(2)16-13(11-19)5-4-6-15(16)17/h4-6,11-12,14H,3,7-10H2,1-2H3. The van der Waals surface area contributed by atoms with Crippen LogP contribution in [0.1, 0.15) is 49.4 Å². The average Bonchev–Trinajstić information content (AvgIpc) is 2.46. The Morgan fingerprint density at radius 2 is 2.00 bits per heavy atom. The van der Waals surface area contributed by atoms with Crippen molar-refractivity contribution in [1.29, 1.82) is 0 Å². The van der Waals surface area contributed by atoms with E-state index in [9.17, 15) is 9.18 Å². The van der Waals surface area contributed by atoms with Gasteiger partial charge in [-0.25, -0.2) is 4.39 Å². The van der Waals surface area contributed by atoms with Crippen molar-refractivity contribution in [2.75, 3.05) is 11.9 Å². The topological polar surface area (TPSA) is 20.3 Å². The summed E-state index contributed by atoms with van der Waals surface area (Å²) in [6, 6.07) is 5.04. The van der Waals surface area contributed by atoms with E-state index in [2.05, 4.69) is 6.92 Å². The van der Waals surface area contributed by atoms with Crippen LogP contribution >= 0.6 is 0 Å². The van der Waals surface area contributed by atoms with E-state index in [1.54, 1.807) is 12.1 Å². The molecule has 0 N–H and O–H groups in total. The lowest BCUT2D eigenvalue weighted by Crippen LogP contribution is -2.36. The molecule has 0 aromatic heterocycles. The van der Waals surface area contributed by atoms with Gasteiger partial charge in [0.15, 0.2) is 6.29 Å². The molecule has 1 saturated carbocycles. The fourth-order valence-electron chi connectivity index (χ4n) is 3.12. The van der Waals surface area contributed by atoms with Crippen LogP contribution in [0.15, 0.2) is 18.2 Å². The van der Waals surface area contributed by atoms with E-state index in [0.717, 1.165) is 25.0 Å². The molecule has 1 fully saturated rings. The summed E-state index contributed by atoms with van der Waals surface area (Å²) in [6.07, 6.45) is 6.55. The van der Waals surface area contributed by atoms with Gasteiger partial charge in [0.1, 0.15) is 5.82 Å². The van der Waals surface area contributed by atoms with Crippen molar-refractivity contribution in [3.63, 3.8) is 0 Å². The Morgan fingerprint density at radius 1 is 1.32 bits per heavy atom. The first-order valence-electron chi connectivity index (χ1n) is 7.13. The van der Waals surface area contributed by atoms with Gasteiger partial charge in [-0.05, 0) is 43.7 Å². The number of aldehydes is 1. The number of hydrogen-bond donors (Lipinski definition) is 0. The molecular weight excluding hydrogens is 241 g/mol. The lowest BCUT2D eigenvalue weighted by atomic mass is 9.84. The molecule has 0 aliphatic heterocycles. The van der Waals surface area contributed by atoms with Crippen molar-refractivity contribution >= 4 is 12.0 Å². The molecule has 1 aromatic rings. The number of carbonyl (C=O) groups excluding carboxylic acids is 1. The molecule has 0 amide bonds. The second kappa shape index (κ2) is 6.18. The molecule has 3 heteroatoms. The van der Waals surface area contributed by atoms with Gasteiger partial charge in [-0.2, -0.15) is 0 Å². The molecule has 104 valence electrons. The quantitative estimate of drug-likeness (QED) is 0.764. The molecule has 0 saturated heterocycles. The maximum absolute atomic E-state index is 14.0. The first-order valence-corrected chi connectivity index (χ1v) is 7.13. The summed E-state index contributed by atoms with van der Waals surface area (Å²) in [5.74, 6) is 0.514. The SMILES string of the molecule is CCC1CCC(N(C)c2c(F)cccc2C=O)CC1. The summed E-state index contributed by atoms with van der Waals surface area (Å²) in [6.45, 7) is 2.23. The van der Waals surface area contributed by atoms with Gasteiger partial charge in [0.2, 0.25) is 0 Å². The zero-order valence-electron chi connectivity index (χ0n) is 11.7. The molecule has 0 bridgehead atoms. The first kappa shape index (κ1) is 14.0. The zero-order chi connectivity index (χ0) is 13.8. The summed E-state index contributed by atoms with van der Waals surface area (Å²) < 4.78 is 14.0. The number of anilines is 1. The molecular formula is C16H22FNO. The van der Waals surface area contributed by atoms with Crippen molar-refractivity contribution < 1.29 is 9.18 Å². The second-order valence-electron chi connectivity index (χ2n) is 5.49. The molecule has 19 heavy (non-hydrogen) atoms. The van der Waals surface area contributed by atoms with E-state index in [1.807, 2.05) is 11.9 Å². The second-order valence-corrected chi connectivity index (χ2v) is 5.49. The highest BCUT2D eigenvalue weighted by Gasteiger charge is 2.25. The predicted octanol–water partition coefficient (Wildman–Crippen LogP) is 4.04. The molecule has 0 atom stereocenters. The third-order valence-electron chi connectivity index (χ3n) is 4.44. The Labute approximate surface area is 114 Å². The van der Waals surface area contributed by atoms with Crippen molar-refractivity contribution in [3.8, 4) is 0 Å². The Hall–Kier alpha value is -1.38. The van der Waals surface area contributed by atoms with Crippen LogP contribution < -0.4 is 4.90 Å². The number of halogens is 1. The molecule has 1 aliphatic carbocycles. The Kier molecular flexibility index (Phi) is 4.56. The summed E-state index contributed by atoms with van der Waals surface area (Å²) >= 11 is 0. The van der Waals surface area contributed by atoms with Gasteiger partial charge in [0, 0.05) is 18.7 Å². The van der Waals surface area contributed by atoms with E-state index in [4.69, 9.17) is 0 Å². The summed E-state index contributed by atoms with van der Waals surface area (Å²) in [7, 11) is 1.91. The molecule has 0 radical (unpaired) electrons. The predicted molar refractivity (Wildman–Crippen MR) is 76.2 cm³/mol. The normalized spacial score (nSPS) is 23.1. The number of carbonyl (C=O) groups is 1. The minimum atomic E-state index is -0.301. The average molecular weight is 263 g/mol. The fraction of sp³-hybridized carbons (Fsp3) is 0.562. The smallest absolute Gasteiger partial charge is 0.152 e. The van der Waals surface area contributed by atoms with Gasteiger partial charge in [-0.15, -0.1) is 0 Å². The molecule has 1 aromatic carbocycles. The van der Waals surface area contributed by atoms with Gasteiger partial charge in [-0.1, -0.05) is 19.4 Å². The first-order chi connectivity index (χ1) is 9.17. The van der Waals surface area contributed by atoms with E-state index in [0.29, 0.717) is 17.3 Å². The fourth-order valence-corrected chi connectivity index (χ4v) is 3.12. The molecule has 2 nitrogen and oxygen atoms in total. The van der Waals surface area contributed by atoms with Gasteiger partial charge >= 0.3 is 0 Å². The van der Waals surface area contributed by atoms with Gasteiger partial charge in [-0.3, -0.25) is 4.79 Å². The largest absolute Gasteiger partial charge is 0.369 e. The summed E-state index contributed by atoms with van der Waals surface area (Å²) in [5.41, 5.74) is 0.901. The van der Waals surface area contributed by atoms with Crippen LogP contribution in [0.25, 0.3) is 0 Å². The Morgan fingerprint density at radius 3 is 2.58 bits per heavy atom. The molecule has 1 aliphatic rings. The molecule has 2 rings (SSSR count). The van der Waals surface area contributed by atoms with Crippen LogP contribution in [0, 0.1) is 11.7 Å². The van der Waals surface area contributed by atoms with Gasteiger partial charge in [0.25, 0.3) is 0 Å². The number of para-hydroxylation sites is 1. The van der Waals surface area contributed by atoms with Crippen molar-refractivity contribution in [2.45, 2.75) is 45.1 Å². The van der Waals surface area contributed by atoms with Crippen molar-refractivity contribution in [2.24, 2.45) is 5.92 Å². The molecule has 0 heterocycles. The maximum atomic E-state index is 14.0. The van der Waals surface area contributed by atoms with E-state index in [-0.39, 0.29) is 5.82 Å². The van der Waals surface area contributed by atoms with Gasteiger partial charge in [0.05, 0.1) is 5.69 Å². The monoisotopic (exact) mass is 263 g/mol. The van der Waals surface area contributed by atoms with Gasteiger partial charge < -0.3 is 4.90 Å². The number of nitrogens with zero attached hydrogens (tertiary/aromatic N) is 1. The number of hydrogen-bond acceptors (Lipinski definition) is 2. The van der Waals surface area contributed by atoms with Crippen molar-refractivity contribution in [1.82, 2.24) is 0 Å². The van der Waals surface area contributed by atoms with Crippen LogP contribution in [-0.4, -0.2) is 19.4 Å². The van der Waals surface area contributed by atoms with Crippen LogP contribution in [0.3, 0.4) is 0 Å². The highest BCUT2D eigenvalue weighted by atomic mass is 19.1. The molecule has 0 unspecified atom stereocenters. The van der Waals surface area contributed by atoms with E-state index in [1.165, 1.54) is 25.3 Å². The highest BCUT2D eigenvalue weighted by molar-refractivity contribution is 5.84. The zero-order valence-corrected chi connectivity index (χ0v) is 11.7.